The zero-order valence-corrected chi connectivity index (χ0v) is 17.0. The Bertz CT molecular complexity index is 1050. The summed E-state index contributed by atoms with van der Waals surface area (Å²) in [6.07, 6.45) is 0.645. The molecule has 0 spiro atoms. The van der Waals surface area contributed by atoms with E-state index in [-0.39, 0.29) is 46.4 Å². The highest BCUT2D eigenvalue weighted by Crippen LogP contribution is 2.39. The Hall–Kier alpha value is -1.87. The zero-order valence-electron chi connectivity index (χ0n) is 14.6. The van der Waals surface area contributed by atoms with E-state index in [1.807, 2.05) is 6.07 Å². The Morgan fingerprint density at radius 1 is 1.14 bits per heavy atom. The van der Waals surface area contributed by atoms with Crippen LogP contribution in [-0.2, 0) is 16.6 Å². The molecule has 0 saturated carbocycles. The summed E-state index contributed by atoms with van der Waals surface area (Å²) in [6.45, 7) is 0.952. The standard InChI is InChI=1S/C18H17Cl2N3O4S/c19-15-4-3-13(6-16(15)20)28(26,27)23-8-11-2-1-5-21-17(11)14-10-22(18(24)25)7-12(14)9-23/h1-6,12,14H,7-10H2,(H,24,25). The maximum Gasteiger partial charge on any atom is 0.407 e. The first-order chi connectivity index (χ1) is 13.3. The summed E-state index contributed by atoms with van der Waals surface area (Å²) >= 11 is 11.9. The van der Waals surface area contributed by atoms with Crippen molar-refractivity contribution in [2.45, 2.75) is 17.4 Å². The number of amides is 1. The van der Waals surface area contributed by atoms with Gasteiger partial charge in [-0.25, -0.2) is 13.2 Å². The monoisotopic (exact) mass is 441 g/mol. The first kappa shape index (κ1) is 19.4. The number of carboxylic acid groups (broad SMARTS) is 1. The maximum atomic E-state index is 13.3. The van der Waals surface area contributed by atoms with Crippen LogP contribution in [0.25, 0.3) is 0 Å². The summed E-state index contributed by atoms with van der Waals surface area (Å²) in [5.74, 6) is -0.314. The van der Waals surface area contributed by atoms with Crippen molar-refractivity contribution in [3.05, 3.63) is 57.8 Å². The first-order valence-corrected chi connectivity index (χ1v) is 10.8. The van der Waals surface area contributed by atoms with E-state index < -0.39 is 16.1 Å². The minimum Gasteiger partial charge on any atom is -0.465 e. The van der Waals surface area contributed by atoms with Gasteiger partial charge in [-0.2, -0.15) is 4.31 Å². The number of halogens is 2. The van der Waals surface area contributed by atoms with E-state index in [0.717, 1.165) is 11.3 Å². The Labute approximate surface area is 172 Å². The molecule has 0 aliphatic carbocycles. The quantitative estimate of drug-likeness (QED) is 0.771. The van der Waals surface area contributed by atoms with Gasteiger partial charge in [0.15, 0.2) is 0 Å². The number of carbonyl (C=O) groups is 1. The number of sulfonamides is 1. The summed E-state index contributed by atoms with van der Waals surface area (Å²) in [6, 6.07) is 7.81. The molecule has 28 heavy (non-hydrogen) atoms. The normalized spacial score (nSPS) is 22.4. The van der Waals surface area contributed by atoms with Crippen LogP contribution >= 0.6 is 23.2 Å². The van der Waals surface area contributed by atoms with E-state index in [1.165, 1.54) is 27.4 Å². The molecule has 1 amide bonds. The second-order valence-corrected chi connectivity index (χ2v) is 9.73. The second-order valence-electron chi connectivity index (χ2n) is 6.98. The van der Waals surface area contributed by atoms with Gasteiger partial charge in [0, 0.05) is 44.2 Å². The molecule has 10 heteroatoms. The number of nitrogens with zero attached hydrogens (tertiary/aromatic N) is 3. The summed E-state index contributed by atoms with van der Waals surface area (Å²) in [4.78, 5) is 17.3. The molecule has 2 aliphatic rings. The van der Waals surface area contributed by atoms with Gasteiger partial charge in [-0.3, -0.25) is 4.98 Å². The predicted octanol–water partition coefficient (Wildman–Crippen LogP) is 3.29. The van der Waals surface area contributed by atoms with E-state index in [2.05, 4.69) is 4.98 Å². The number of likely N-dealkylation sites (tertiary alicyclic amines) is 1. The van der Waals surface area contributed by atoms with Crippen LogP contribution in [0.4, 0.5) is 4.79 Å². The third kappa shape index (κ3) is 3.34. The molecule has 2 aromatic rings. The van der Waals surface area contributed by atoms with Crippen LogP contribution in [0.15, 0.2) is 41.4 Å². The number of hydrogen-bond acceptors (Lipinski definition) is 4. The van der Waals surface area contributed by atoms with E-state index >= 15 is 0 Å². The Morgan fingerprint density at radius 3 is 2.64 bits per heavy atom. The number of benzene rings is 1. The van der Waals surface area contributed by atoms with Crippen LogP contribution in [0.2, 0.25) is 10.0 Å². The summed E-state index contributed by atoms with van der Waals surface area (Å²) in [7, 11) is -3.85. The summed E-state index contributed by atoms with van der Waals surface area (Å²) in [5, 5.41) is 9.82. The smallest absolute Gasteiger partial charge is 0.407 e. The van der Waals surface area contributed by atoms with E-state index in [9.17, 15) is 18.3 Å². The second kappa shape index (κ2) is 7.18. The van der Waals surface area contributed by atoms with Crippen LogP contribution in [-0.4, -0.2) is 53.4 Å². The van der Waals surface area contributed by atoms with Crippen LogP contribution < -0.4 is 0 Å². The molecule has 4 rings (SSSR count). The minimum atomic E-state index is -3.85. The lowest BCUT2D eigenvalue weighted by atomic mass is 9.91. The molecule has 148 valence electrons. The van der Waals surface area contributed by atoms with Crippen molar-refractivity contribution in [3.63, 3.8) is 0 Å². The van der Waals surface area contributed by atoms with Gasteiger partial charge in [-0.15, -0.1) is 0 Å². The summed E-state index contributed by atoms with van der Waals surface area (Å²) < 4.78 is 28.0. The van der Waals surface area contributed by atoms with Crippen molar-refractivity contribution in [1.82, 2.24) is 14.2 Å². The fourth-order valence-electron chi connectivity index (χ4n) is 3.93. The van der Waals surface area contributed by atoms with Crippen LogP contribution in [0, 0.1) is 5.92 Å². The molecule has 1 aromatic carbocycles. The molecule has 2 aliphatic heterocycles. The van der Waals surface area contributed by atoms with Crippen LogP contribution in [0.3, 0.4) is 0 Å². The molecule has 7 nitrogen and oxygen atoms in total. The molecule has 1 fully saturated rings. The van der Waals surface area contributed by atoms with Crippen molar-refractivity contribution in [3.8, 4) is 0 Å². The van der Waals surface area contributed by atoms with Crippen molar-refractivity contribution in [2.24, 2.45) is 5.92 Å². The van der Waals surface area contributed by atoms with Crippen molar-refractivity contribution in [2.75, 3.05) is 19.6 Å². The third-order valence-corrected chi connectivity index (χ3v) is 7.85. The van der Waals surface area contributed by atoms with Gasteiger partial charge >= 0.3 is 6.09 Å². The van der Waals surface area contributed by atoms with Crippen molar-refractivity contribution < 1.29 is 18.3 Å². The van der Waals surface area contributed by atoms with Gasteiger partial charge in [0.05, 0.1) is 20.6 Å². The van der Waals surface area contributed by atoms with Gasteiger partial charge in [0.1, 0.15) is 0 Å². The zero-order chi connectivity index (χ0) is 20.1. The Morgan fingerprint density at radius 2 is 1.93 bits per heavy atom. The van der Waals surface area contributed by atoms with Gasteiger partial charge in [0.2, 0.25) is 10.0 Å². The number of rotatable bonds is 2. The molecule has 2 atom stereocenters. The molecule has 1 saturated heterocycles. The largest absolute Gasteiger partial charge is 0.465 e. The molecule has 2 unspecified atom stereocenters. The SMILES string of the molecule is O=C(O)N1CC2CN(S(=O)(=O)c3ccc(Cl)c(Cl)c3)Cc3cccnc3C2C1. The van der Waals surface area contributed by atoms with Gasteiger partial charge in [0.25, 0.3) is 0 Å². The number of aromatic nitrogens is 1. The lowest BCUT2D eigenvalue weighted by Crippen LogP contribution is -2.36. The first-order valence-electron chi connectivity index (χ1n) is 8.64. The number of hydrogen-bond donors (Lipinski definition) is 1. The highest BCUT2D eigenvalue weighted by atomic mass is 35.5. The minimum absolute atomic E-state index is 0.0545. The van der Waals surface area contributed by atoms with Crippen LogP contribution in [0.1, 0.15) is 17.2 Å². The van der Waals surface area contributed by atoms with E-state index in [4.69, 9.17) is 23.2 Å². The average molecular weight is 442 g/mol. The third-order valence-electron chi connectivity index (χ3n) is 5.30. The highest BCUT2D eigenvalue weighted by molar-refractivity contribution is 7.89. The molecule has 1 aromatic heterocycles. The topological polar surface area (TPSA) is 90.8 Å². The number of fused-ring (bicyclic) bond motifs is 3. The van der Waals surface area contributed by atoms with Crippen molar-refractivity contribution in [1.29, 1.82) is 0 Å². The molecule has 0 radical (unpaired) electrons. The van der Waals surface area contributed by atoms with Crippen molar-refractivity contribution >= 4 is 39.3 Å². The van der Waals surface area contributed by atoms with Gasteiger partial charge in [-0.05, 0) is 29.8 Å². The fourth-order valence-corrected chi connectivity index (χ4v) is 5.79. The fraction of sp³-hybridized carbons (Fsp3) is 0.333. The average Bonchev–Trinajstić information content (AvgIpc) is 3.01. The van der Waals surface area contributed by atoms with E-state index in [0.29, 0.717) is 6.54 Å². The Balaban J connectivity index is 1.75. The molecule has 0 bridgehead atoms. The number of pyridine rings is 1. The Kier molecular flexibility index (Phi) is 4.99. The van der Waals surface area contributed by atoms with Crippen LogP contribution in [0.5, 0.6) is 0 Å². The molecule has 3 heterocycles. The van der Waals surface area contributed by atoms with E-state index in [1.54, 1.807) is 12.3 Å². The highest BCUT2D eigenvalue weighted by Gasteiger charge is 2.43. The lowest BCUT2D eigenvalue weighted by molar-refractivity contribution is 0.153. The lowest BCUT2D eigenvalue weighted by Gasteiger charge is -2.24. The van der Waals surface area contributed by atoms with Gasteiger partial charge in [-0.1, -0.05) is 29.3 Å². The molecular weight excluding hydrogens is 425 g/mol. The maximum absolute atomic E-state index is 13.3. The predicted molar refractivity (Wildman–Crippen MR) is 104 cm³/mol. The van der Waals surface area contributed by atoms with Gasteiger partial charge < -0.3 is 10.0 Å². The summed E-state index contributed by atoms with van der Waals surface area (Å²) in [5.41, 5.74) is 1.55. The molecule has 1 N–H and O–H groups in total. The molecular formula is C18H17Cl2N3O4S.